The van der Waals surface area contributed by atoms with E-state index in [1.54, 1.807) is 12.1 Å². The molecule has 0 amide bonds. The summed E-state index contributed by atoms with van der Waals surface area (Å²) in [6.45, 7) is 4.20. The fraction of sp³-hybridized carbons (Fsp3) is 0.360. The lowest BCUT2D eigenvalue weighted by Gasteiger charge is -2.32. The van der Waals surface area contributed by atoms with Gasteiger partial charge in [0, 0.05) is 39.1 Å². The number of halogens is 4. The molecule has 2 aromatic carbocycles. The monoisotopic (exact) mass is 488 g/mol. The molecular weight excluding hydrogens is 464 g/mol. The molecule has 10 heteroatoms. The van der Waals surface area contributed by atoms with E-state index in [0.29, 0.717) is 69.9 Å². The van der Waals surface area contributed by atoms with E-state index in [-0.39, 0.29) is 5.82 Å². The van der Waals surface area contributed by atoms with Gasteiger partial charge in [0.25, 0.3) is 0 Å². The number of morpholine rings is 1. The molecule has 35 heavy (non-hydrogen) atoms. The van der Waals surface area contributed by atoms with Crippen LogP contribution in [0.4, 0.5) is 23.5 Å². The quantitative estimate of drug-likeness (QED) is 0.480. The van der Waals surface area contributed by atoms with E-state index >= 15 is 0 Å². The largest absolute Gasteiger partial charge is 0.438 e. The van der Waals surface area contributed by atoms with Crippen molar-refractivity contribution < 1.29 is 27.0 Å². The molecular formula is C25H24F4N4O2. The van der Waals surface area contributed by atoms with Crippen molar-refractivity contribution in [2.24, 2.45) is 0 Å². The van der Waals surface area contributed by atoms with Gasteiger partial charge in [0.15, 0.2) is 0 Å². The Hall–Kier alpha value is -3.24. The first-order valence-electron chi connectivity index (χ1n) is 11.4. The van der Waals surface area contributed by atoms with Crippen LogP contribution in [0.5, 0.6) is 11.6 Å². The number of nitrogens with zero attached hydrogens (tertiary/aromatic N) is 4. The van der Waals surface area contributed by atoms with E-state index in [1.165, 1.54) is 24.3 Å². The molecule has 0 N–H and O–H groups in total. The predicted molar refractivity (Wildman–Crippen MR) is 121 cm³/mol. The maximum atomic E-state index is 13.4. The van der Waals surface area contributed by atoms with Crippen molar-refractivity contribution in [2.45, 2.75) is 25.7 Å². The molecule has 0 bridgehead atoms. The lowest BCUT2D eigenvalue weighted by atomic mass is 10.0. The van der Waals surface area contributed by atoms with E-state index in [4.69, 9.17) is 19.4 Å². The second-order valence-electron chi connectivity index (χ2n) is 8.56. The summed E-state index contributed by atoms with van der Waals surface area (Å²) in [6, 6.07) is 11.0. The van der Waals surface area contributed by atoms with Gasteiger partial charge < -0.3 is 14.4 Å². The molecule has 1 saturated heterocycles. The molecule has 3 aromatic rings. The molecule has 6 nitrogen and oxygen atoms in total. The Morgan fingerprint density at radius 1 is 0.914 bits per heavy atom. The summed E-state index contributed by atoms with van der Waals surface area (Å²) in [5, 5.41) is 0. The summed E-state index contributed by atoms with van der Waals surface area (Å²) >= 11 is 0. The van der Waals surface area contributed by atoms with E-state index in [2.05, 4.69) is 9.80 Å². The summed E-state index contributed by atoms with van der Waals surface area (Å²) in [5.41, 5.74) is 1.82. The fourth-order valence-electron chi connectivity index (χ4n) is 4.22. The van der Waals surface area contributed by atoms with Crippen molar-refractivity contribution in [2.75, 3.05) is 37.7 Å². The Balaban J connectivity index is 1.40. The Morgan fingerprint density at radius 2 is 1.63 bits per heavy atom. The first-order chi connectivity index (χ1) is 16.8. The molecule has 0 unspecified atom stereocenters. The number of ether oxygens (including phenoxy) is 2. The van der Waals surface area contributed by atoms with Crippen LogP contribution in [0.1, 0.15) is 22.4 Å². The zero-order valence-electron chi connectivity index (χ0n) is 18.9. The van der Waals surface area contributed by atoms with Gasteiger partial charge in [-0.05, 0) is 42.0 Å². The van der Waals surface area contributed by atoms with Crippen LogP contribution in [0, 0.1) is 5.82 Å². The first kappa shape index (κ1) is 23.5. The van der Waals surface area contributed by atoms with Gasteiger partial charge in [-0.15, -0.1) is 0 Å². The van der Waals surface area contributed by atoms with Crippen LogP contribution in [-0.2, 0) is 30.4 Å². The smallest absolute Gasteiger partial charge is 0.416 e. The zero-order chi connectivity index (χ0) is 24.4. The third-order valence-corrected chi connectivity index (χ3v) is 6.10. The summed E-state index contributed by atoms with van der Waals surface area (Å²) < 4.78 is 63.6. The third kappa shape index (κ3) is 5.54. The summed E-state index contributed by atoms with van der Waals surface area (Å²) in [4.78, 5) is 13.7. The Labute approximate surface area is 200 Å². The first-order valence-corrected chi connectivity index (χ1v) is 11.4. The minimum atomic E-state index is -4.36. The van der Waals surface area contributed by atoms with Gasteiger partial charge in [0.1, 0.15) is 11.6 Å². The van der Waals surface area contributed by atoms with Crippen LogP contribution in [-0.4, -0.2) is 47.7 Å². The van der Waals surface area contributed by atoms with E-state index in [1.807, 2.05) is 0 Å². The second kappa shape index (κ2) is 9.79. The molecule has 5 rings (SSSR count). The number of anilines is 1. The topological polar surface area (TPSA) is 50.7 Å². The zero-order valence-corrected chi connectivity index (χ0v) is 18.9. The number of fused-ring (bicyclic) bond motifs is 1. The highest BCUT2D eigenvalue weighted by Gasteiger charge is 2.30. The Kier molecular flexibility index (Phi) is 6.57. The number of aromatic nitrogens is 2. The second-order valence-corrected chi connectivity index (χ2v) is 8.56. The SMILES string of the molecule is Fc1ccc(Oc2nc(N3CCOCC3)nc3c2CN(Cc2ccc(C(F)(F)F)cc2)CC3)cc1. The van der Waals surface area contributed by atoms with Crippen molar-refractivity contribution in [3.8, 4) is 11.6 Å². The Bertz CT molecular complexity index is 1160. The van der Waals surface area contributed by atoms with Crippen molar-refractivity contribution in [3.63, 3.8) is 0 Å². The number of hydrogen-bond acceptors (Lipinski definition) is 6. The number of benzene rings is 2. The van der Waals surface area contributed by atoms with Gasteiger partial charge in [-0.1, -0.05) is 12.1 Å². The van der Waals surface area contributed by atoms with Crippen LogP contribution in [0.2, 0.25) is 0 Å². The molecule has 184 valence electrons. The third-order valence-electron chi connectivity index (χ3n) is 6.10. The standard InChI is InChI=1S/C25H24F4N4O2/c26-19-5-7-20(8-6-19)35-23-21-16-32(15-17-1-3-18(4-2-17)25(27,28)29)10-9-22(21)30-24(31-23)33-11-13-34-14-12-33/h1-8H,9-16H2. The van der Waals surface area contributed by atoms with Gasteiger partial charge in [-0.3, -0.25) is 4.90 Å². The highest BCUT2D eigenvalue weighted by Crippen LogP contribution is 2.33. The molecule has 1 aromatic heterocycles. The van der Waals surface area contributed by atoms with Gasteiger partial charge >= 0.3 is 6.18 Å². The van der Waals surface area contributed by atoms with Gasteiger partial charge in [-0.25, -0.2) is 9.37 Å². The summed E-state index contributed by atoms with van der Waals surface area (Å²) in [6.07, 6.45) is -3.71. The highest BCUT2D eigenvalue weighted by molar-refractivity contribution is 5.44. The molecule has 0 atom stereocenters. The average molecular weight is 488 g/mol. The van der Waals surface area contributed by atoms with Gasteiger partial charge in [-0.2, -0.15) is 18.2 Å². The minimum Gasteiger partial charge on any atom is -0.438 e. The van der Waals surface area contributed by atoms with Crippen molar-refractivity contribution in [1.82, 2.24) is 14.9 Å². The lowest BCUT2D eigenvalue weighted by molar-refractivity contribution is -0.137. The summed E-state index contributed by atoms with van der Waals surface area (Å²) in [7, 11) is 0. The molecule has 1 fully saturated rings. The number of hydrogen-bond donors (Lipinski definition) is 0. The maximum absolute atomic E-state index is 13.4. The van der Waals surface area contributed by atoms with Crippen LogP contribution >= 0.6 is 0 Å². The molecule has 2 aliphatic rings. The highest BCUT2D eigenvalue weighted by atomic mass is 19.4. The van der Waals surface area contributed by atoms with Crippen LogP contribution in [0.3, 0.4) is 0 Å². The molecule has 2 aliphatic heterocycles. The van der Waals surface area contributed by atoms with E-state index in [9.17, 15) is 17.6 Å². The molecule has 0 saturated carbocycles. The van der Waals surface area contributed by atoms with Crippen molar-refractivity contribution >= 4 is 5.95 Å². The van der Waals surface area contributed by atoms with E-state index in [0.717, 1.165) is 29.0 Å². The normalized spacial score (nSPS) is 16.7. The molecule has 3 heterocycles. The molecule has 0 radical (unpaired) electrons. The molecule has 0 aliphatic carbocycles. The van der Waals surface area contributed by atoms with Crippen LogP contribution < -0.4 is 9.64 Å². The Morgan fingerprint density at radius 3 is 2.31 bits per heavy atom. The minimum absolute atomic E-state index is 0.362. The fourth-order valence-corrected chi connectivity index (χ4v) is 4.22. The van der Waals surface area contributed by atoms with Crippen LogP contribution in [0.25, 0.3) is 0 Å². The lowest BCUT2D eigenvalue weighted by Crippen LogP contribution is -2.38. The van der Waals surface area contributed by atoms with Gasteiger partial charge in [0.05, 0.1) is 30.0 Å². The maximum Gasteiger partial charge on any atom is 0.416 e. The average Bonchev–Trinajstić information content (AvgIpc) is 2.86. The van der Waals surface area contributed by atoms with Crippen molar-refractivity contribution in [1.29, 1.82) is 0 Å². The molecule has 0 spiro atoms. The van der Waals surface area contributed by atoms with Gasteiger partial charge in [0.2, 0.25) is 11.8 Å². The number of rotatable bonds is 5. The predicted octanol–water partition coefficient (Wildman–Crippen LogP) is 4.82. The van der Waals surface area contributed by atoms with E-state index < -0.39 is 11.7 Å². The van der Waals surface area contributed by atoms with Crippen LogP contribution in [0.15, 0.2) is 48.5 Å². The number of alkyl halides is 3. The van der Waals surface area contributed by atoms with Crippen molar-refractivity contribution in [3.05, 3.63) is 76.7 Å². The summed E-state index contributed by atoms with van der Waals surface area (Å²) in [5.74, 6) is 1.07.